The highest BCUT2D eigenvalue weighted by atomic mass is 16.5. The lowest BCUT2D eigenvalue weighted by atomic mass is 10.0. The molecule has 2 aromatic heterocycles. The van der Waals surface area contributed by atoms with Gasteiger partial charge in [0.15, 0.2) is 11.5 Å². The molecule has 8 nitrogen and oxygen atoms in total. The second-order valence-corrected chi connectivity index (χ2v) is 8.45. The molecule has 0 fully saturated rings. The molecule has 3 rings (SSSR count). The maximum Gasteiger partial charge on any atom is 0.237 e. The number of amides is 1. The summed E-state index contributed by atoms with van der Waals surface area (Å²) >= 11 is 0. The number of ether oxygens (including phenoxy) is 1. The number of unbranched alkanes of at least 4 members (excludes halogenated alkanes) is 1. The average Bonchev–Trinajstić information content (AvgIpc) is 3.11. The molecule has 0 aliphatic carbocycles. The van der Waals surface area contributed by atoms with Crippen molar-refractivity contribution in [2.24, 2.45) is 5.92 Å². The lowest BCUT2D eigenvalue weighted by Gasteiger charge is -2.26. The van der Waals surface area contributed by atoms with Gasteiger partial charge in [0.1, 0.15) is 5.75 Å². The molecule has 2 N–H and O–H groups in total. The van der Waals surface area contributed by atoms with Crippen molar-refractivity contribution in [3.8, 4) is 5.75 Å². The number of anilines is 1. The quantitative estimate of drug-likeness (QED) is 0.485. The fourth-order valence-electron chi connectivity index (χ4n) is 4.01. The summed E-state index contributed by atoms with van der Waals surface area (Å²) in [5.74, 6) is 1.89. The van der Waals surface area contributed by atoms with Crippen molar-refractivity contribution in [1.82, 2.24) is 24.6 Å². The third-order valence-corrected chi connectivity index (χ3v) is 5.46. The van der Waals surface area contributed by atoms with Gasteiger partial charge < -0.3 is 15.4 Å². The average molecular weight is 427 g/mol. The highest BCUT2D eigenvalue weighted by Gasteiger charge is 2.23. The number of aryl methyl sites for hydroxylation is 1. The van der Waals surface area contributed by atoms with E-state index in [0.29, 0.717) is 6.54 Å². The summed E-state index contributed by atoms with van der Waals surface area (Å²) in [6.07, 6.45) is 3.66. The number of nitrogens with one attached hydrogen (secondary N) is 2. The number of methoxy groups -OCH3 is 1. The Morgan fingerprint density at radius 3 is 2.65 bits per heavy atom. The summed E-state index contributed by atoms with van der Waals surface area (Å²) in [6.45, 7) is 7.59. The Balaban J connectivity index is 1.60. The van der Waals surface area contributed by atoms with Crippen molar-refractivity contribution in [3.63, 3.8) is 0 Å². The van der Waals surface area contributed by atoms with Gasteiger partial charge in [0.2, 0.25) is 5.91 Å². The fourth-order valence-corrected chi connectivity index (χ4v) is 4.01. The molecule has 0 bridgehead atoms. The van der Waals surface area contributed by atoms with Crippen LogP contribution in [0.3, 0.4) is 0 Å². The summed E-state index contributed by atoms with van der Waals surface area (Å²) in [5, 5.41) is 6.48. The zero-order chi connectivity index (χ0) is 22.5. The number of hydrogen-bond acceptors (Lipinski definition) is 6. The first kappa shape index (κ1) is 22.8. The molecule has 1 atom stereocenters. The third kappa shape index (κ3) is 5.07. The number of nitrogens with zero attached hydrogens (tertiary/aromatic N) is 4. The highest BCUT2D eigenvalue weighted by molar-refractivity contribution is 5.84. The van der Waals surface area contributed by atoms with Crippen LogP contribution in [0.4, 0.5) is 5.82 Å². The number of rotatable bonds is 10. The van der Waals surface area contributed by atoms with E-state index >= 15 is 0 Å². The Morgan fingerprint density at radius 2 is 1.97 bits per heavy atom. The van der Waals surface area contributed by atoms with E-state index in [0.717, 1.165) is 53.3 Å². The summed E-state index contributed by atoms with van der Waals surface area (Å²) in [6, 6.07) is 5.77. The predicted molar refractivity (Wildman–Crippen MR) is 125 cm³/mol. The number of fused-ring (bicyclic) bond motifs is 3. The summed E-state index contributed by atoms with van der Waals surface area (Å²) in [7, 11) is 5.54. The minimum absolute atomic E-state index is 0.0904. The Labute approximate surface area is 184 Å². The van der Waals surface area contributed by atoms with Crippen LogP contribution in [0.2, 0.25) is 0 Å². The Bertz CT molecular complexity index is 1040. The van der Waals surface area contributed by atoms with Crippen molar-refractivity contribution < 1.29 is 9.53 Å². The van der Waals surface area contributed by atoms with E-state index in [1.807, 2.05) is 50.3 Å². The van der Waals surface area contributed by atoms with Gasteiger partial charge in [0.05, 0.1) is 24.2 Å². The van der Waals surface area contributed by atoms with Crippen LogP contribution < -0.4 is 15.4 Å². The molecule has 0 unspecified atom stereocenters. The summed E-state index contributed by atoms with van der Waals surface area (Å²) < 4.78 is 7.46. The minimum atomic E-state index is -0.103. The molecule has 2 heterocycles. The zero-order valence-corrected chi connectivity index (χ0v) is 19.4. The first-order chi connectivity index (χ1) is 14.8. The lowest BCUT2D eigenvalue weighted by Crippen LogP contribution is -2.46. The lowest BCUT2D eigenvalue weighted by molar-refractivity contribution is -0.126. The fraction of sp³-hybridized carbons (Fsp3) is 0.522. The zero-order valence-electron chi connectivity index (χ0n) is 19.4. The standard InChI is InChI=1S/C23H34N6O2/c1-15(2)20(28(4)5)23(30)25-12-8-7-11-24-21-22-26-14-16(3)29(22)19-10-9-17(31-6)13-18(19)27-21/h9-10,13-15,20H,7-8,11-12H2,1-6H3,(H,24,27)(H,25,30)/t20-/m0/s1. The molecule has 0 spiro atoms. The Kier molecular flexibility index (Phi) is 7.33. The van der Waals surface area contributed by atoms with E-state index in [-0.39, 0.29) is 17.9 Å². The molecule has 168 valence electrons. The van der Waals surface area contributed by atoms with E-state index in [1.54, 1.807) is 7.11 Å². The van der Waals surface area contributed by atoms with Crippen LogP contribution in [-0.2, 0) is 4.79 Å². The Hall–Kier alpha value is -2.87. The Morgan fingerprint density at radius 1 is 1.23 bits per heavy atom. The van der Waals surface area contributed by atoms with E-state index in [2.05, 4.69) is 33.9 Å². The van der Waals surface area contributed by atoms with Crippen molar-refractivity contribution in [3.05, 3.63) is 30.1 Å². The van der Waals surface area contributed by atoms with Crippen molar-refractivity contribution in [2.45, 2.75) is 39.7 Å². The number of imidazole rings is 1. The summed E-state index contributed by atoms with van der Waals surface area (Å²) in [5.41, 5.74) is 3.72. The predicted octanol–water partition coefficient (Wildman–Crippen LogP) is 3.09. The van der Waals surface area contributed by atoms with Crippen LogP contribution in [0.25, 0.3) is 16.7 Å². The van der Waals surface area contributed by atoms with Crippen LogP contribution in [0.15, 0.2) is 24.4 Å². The number of carbonyl (C=O) groups is 1. The van der Waals surface area contributed by atoms with Gasteiger partial charge in [-0.1, -0.05) is 13.8 Å². The molecule has 31 heavy (non-hydrogen) atoms. The second-order valence-electron chi connectivity index (χ2n) is 8.45. The monoisotopic (exact) mass is 426 g/mol. The van der Waals surface area contributed by atoms with Gasteiger partial charge in [0, 0.05) is 31.0 Å². The molecule has 8 heteroatoms. The first-order valence-electron chi connectivity index (χ1n) is 10.8. The SMILES string of the molecule is COc1ccc2c(c1)nc(NCCCCNC(=O)[C@H](C(C)C)N(C)C)c1ncc(C)n12. The van der Waals surface area contributed by atoms with E-state index in [9.17, 15) is 4.79 Å². The molecule has 0 radical (unpaired) electrons. The van der Waals surface area contributed by atoms with Crippen molar-refractivity contribution >= 4 is 28.4 Å². The number of aromatic nitrogens is 3. The molecule has 0 saturated carbocycles. The highest BCUT2D eigenvalue weighted by Crippen LogP contribution is 2.25. The van der Waals surface area contributed by atoms with Crippen molar-refractivity contribution in [1.29, 1.82) is 0 Å². The topological polar surface area (TPSA) is 83.8 Å². The molecule has 1 amide bonds. The van der Waals surface area contributed by atoms with Crippen LogP contribution in [0, 0.1) is 12.8 Å². The number of carbonyl (C=O) groups excluding carboxylic acids is 1. The second kappa shape index (κ2) is 9.96. The smallest absolute Gasteiger partial charge is 0.237 e. The van der Waals surface area contributed by atoms with Gasteiger partial charge in [0.25, 0.3) is 0 Å². The molecule has 0 saturated heterocycles. The van der Waals surface area contributed by atoms with Gasteiger partial charge in [-0.2, -0.15) is 0 Å². The molecular weight excluding hydrogens is 392 g/mol. The van der Waals surface area contributed by atoms with E-state index in [1.165, 1.54) is 0 Å². The van der Waals surface area contributed by atoms with Crippen molar-refractivity contribution in [2.75, 3.05) is 39.6 Å². The number of likely N-dealkylation sites (N-methyl/N-ethyl adjacent to an activating group) is 1. The van der Waals surface area contributed by atoms with E-state index < -0.39 is 0 Å². The van der Waals surface area contributed by atoms with E-state index in [4.69, 9.17) is 9.72 Å². The van der Waals surface area contributed by atoms with Gasteiger partial charge in [-0.25, -0.2) is 9.97 Å². The van der Waals surface area contributed by atoms with Gasteiger partial charge in [-0.3, -0.25) is 14.1 Å². The molecule has 1 aromatic carbocycles. The normalized spacial score (nSPS) is 12.6. The molecular formula is C23H34N6O2. The maximum absolute atomic E-state index is 12.4. The van der Waals surface area contributed by atoms with Crippen LogP contribution in [-0.4, -0.2) is 65.5 Å². The maximum atomic E-state index is 12.4. The number of benzene rings is 1. The van der Waals surface area contributed by atoms with Crippen LogP contribution in [0.5, 0.6) is 5.75 Å². The molecule has 0 aliphatic heterocycles. The van der Waals surface area contributed by atoms with Crippen LogP contribution >= 0.6 is 0 Å². The molecule has 0 aliphatic rings. The number of hydrogen-bond donors (Lipinski definition) is 2. The minimum Gasteiger partial charge on any atom is -0.497 e. The largest absolute Gasteiger partial charge is 0.497 e. The third-order valence-electron chi connectivity index (χ3n) is 5.46. The van der Waals surface area contributed by atoms with Gasteiger partial charge in [-0.05, 0) is 51.9 Å². The van der Waals surface area contributed by atoms with Crippen LogP contribution in [0.1, 0.15) is 32.4 Å². The van der Waals surface area contributed by atoms with Gasteiger partial charge >= 0.3 is 0 Å². The first-order valence-corrected chi connectivity index (χ1v) is 10.8. The summed E-state index contributed by atoms with van der Waals surface area (Å²) in [4.78, 5) is 23.7. The molecule has 3 aromatic rings. The van der Waals surface area contributed by atoms with Gasteiger partial charge in [-0.15, -0.1) is 0 Å².